The summed E-state index contributed by atoms with van der Waals surface area (Å²) in [6, 6.07) is 0.124. The third-order valence-electron chi connectivity index (χ3n) is 3.32. The van der Waals surface area contributed by atoms with Crippen molar-refractivity contribution in [2.24, 2.45) is 11.1 Å². The van der Waals surface area contributed by atoms with Gasteiger partial charge in [0.25, 0.3) is 0 Å². The number of hydrogen-bond donors (Lipinski definition) is 1. The molecule has 1 atom stereocenters. The zero-order chi connectivity index (χ0) is 13.2. The van der Waals surface area contributed by atoms with Crippen molar-refractivity contribution in [2.75, 3.05) is 0 Å². The molecule has 0 amide bonds. The van der Waals surface area contributed by atoms with E-state index in [1.807, 2.05) is 0 Å². The van der Waals surface area contributed by atoms with Crippen LogP contribution in [0.5, 0.6) is 0 Å². The van der Waals surface area contributed by atoms with Crippen molar-refractivity contribution >= 4 is 0 Å². The van der Waals surface area contributed by atoms with Gasteiger partial charge in [-0.1, -0.05) is 27.7 Å². The number of aryl methyl sites for hydroxylation is 2. The maximum absolute atomic E-state index is 6.14. The molecule has 2 N–H and O–H groups in total. The van der Waals surface area contributed by atoms with Gasteiger partial charge >= 0.3 is 0 Å². The molecule has 98 valence electrons. The van der Waals surface area contributed by atoms with Gasteiger partial charge in [-0.15, -0.1) is 0 Å². The lowest BCUT2D eigenvalue weighted by Crippen LogP contribution is -2.14. The van der Waals surface area contributed by atoms with Gasteiger partial charge in [0, 0.05) is 23.8 Å². The van der Waals surface area contributed by atoms with Crippen LogP contribution < -0.4 is 5.73 Å². The standard InChI is InChI=1S/C14H27N3/c1-7-12(15)13-10(2)16-17(11(13)3)9-8-14(4,5)6/h12H,7-9,15H2,1-6H3. The Morgan fingerprint density at radius 2 is 1.88 bits per heavy atom. The van der Waals surface area contributed by atoms with E-state index in [9.17, 15) is 0 Å². The van der Waals surface area contributed by atoms with E-state index in [1.54, 1.807) is 0 Å². The lowest BCUT2D eigenvalue weighted by Gasteiger charge is -2.18. The van der Waals surface area contributed by atoms with Crippen LogP contribution in [0.2, 0.25) is 0 Å². The molecule has 0 spiro atoms. The van der Waals surface area contributed by atoms with Crippen LogP contribution in [0.1, 0.15) is 63.5 Å². The minimum Gasteiger partial charge on any atom is -0.324 e. The van der Waals surface area contributed by atoms with Gasteiger partial charge in [-0.25, -0.2) is 0 Å². The topological polar surface area (TPSA) is 43.8 Å². The molecule has 0 aromatic carbocycles. The van der Waals surface area contributed by atoms with Crippen molar-refractivity contribution < 1.29 is 0 Å². The highest BCUT2D eigenvalue weighted by molar-refractivity contribution is 5.27. The van der Waals surface area contributed by atoms with E-state index in [0.29, 0.717) is 5.41 Å². The SMILES string of the molecule is CCC(N)c1c(C)nn(CCC(C)(C)C)c1C. The molecule has 0 aliphatic heterocycles. The molecule has 0 bridgehead atoms. The highest BCUT2D eigenvalue weighted by Crippen LogP contribution is 2.24. The van der Waals surface area contributed by atoms with Gasteiger partial charge in [0.1, 0.15) is 0 Å². The molecular formula is C14H27N3. The predicted octanol–water partition coefficient (Wildman–Crippen LogP) is 3.35. The molecule has 3 nitrogen and oxygen atoms in total. The first-order valence-corrected chi connectivity index (χ1v) is 6.55. The van der Waals surface area contributed by atoms with Gasteiger partial charge in [-0.05, 0) is 32.1 Å². The van der Waals surface area contributed by atoms with E-state index in [4.69, 9.17) is 5.73 Å². The minimum atomic E-state index is 0.124. The fourth-order valence-electron chi connectivity index (χ4n) is 2.11. The zero-order valence-corrected chi connectivity index (χ0v) is 12.2. The molecule has 0 aliphatic rings. The molecule has 0 saturated carbocycles. The maximum atomic E-state index is 6.14. The maximum Gasteiger partial charge on any atom is 0.0644 e. The third-order valence-corrected chi connectivity index (χ3v) is 3.32. The fourth-order valence-corrected chi connectivity index (χ4v) is 2.11. The number of hydrogen-bond acceptors (Lipinski definition) is 2. The van der Waals surface area contributed by atoms with Gasteiger partial charge < -0.3 is 5.73 Å². The molecule has 1 rings (SSSR count). The quantitative estimate of drug-likeness (QED) is 0.872. The molecule has 0 radical (unpaired) electrons. The second-order valence-corrected chi connectivity index (χ2v) is 6.13. The van der Waals surface area contributed by atoms with E-state index in [1.165, 1.54) is 11.3 Å². The van der Waals surface area contributed by atoms with E-state index < -0.39 is 0 Å². The summed E-state index contributed by atoms with van der Waals surface area (Å²) in [6.07, 6.45) is 2.10. The number of nitrogens with two attached hydrogens (primary N) is 1. The van der Waals surface area contributed by atoms with E-state index in [0.717, 1.165) is 25.1 Å². The molecule has 0 fully saturated rings. The Morgan fingerprint density at radius 1 is 1.29 bits per heavy atom. The van der Waals surface area contributed by atoms with Crippen LogP contribution in [-0.4, -0.2) is 9.78 Å². The molecule has 0 aliphatic carbocycles. The van der Waals surface area contributed by atoms with Crippen LogP contribution in [0.15, 0.2) is 0 Å². The Morgan fingerprint density at radius 3 is 2.35 bits per heavy atom. The van der Waals surface area contributed by atoms with Crippen molar-refractivity contribution in [2.45, 2.75) is 67.0 Å². The third kappa shape index (κ3) is 3.56. The van der Waals surface area contributed by atoms with Crippen molar-refractivity contribution in [3.05, 3.63) is 17.0 Å². The highest BCUT2D eigenvalue weighted by atomic mass is 15.3. The minimum absolute atomic E-state index is 0.124. The van der Waals surface area contributed by atoms with Crippen LogP contribution in [0.25, 0.3) is 0 Å². The van der Waals surface area contributed by atoms with Crippen LogP contribution in [-0.2, 0) is 6.54 Å². The molecule has 1 aromatic heterocycles. The highest BCUT2D eigenvalue weighted by Gasteiger charge is 2.18. The predicted molar refractivity (Wildman–Crippen MR) is 73.0 cm³/mol. The average Bonchev–Trinajstić information content (AvgIpc) is 2.49. The summed E-state index contributed by atoms with van der Waals surface area (Å²) in [5.74, 6) is 0. The van der Waals surface area contributed by atoms with E-state index >= 15 is 0 Å². The van der Waals surface area contributed by atoms with Crippen molar-refractivity contribution in [1.29, 1.82) is 0 Å². The fraction of sp³-hybridized carbons (Fsp3) is 0.786. The second-order valence-electron chi connectivity index (χ2n) is 6.13. The number of nitrogens with zero attached hydrogens (tertiary/aromatic N) is 2. The first kappa shape index (κ1) is 14.2. The second kappa shape index (κ2) is 5.21. The largest absolute Gasteiger partial charge is 0.324 e. The van der Waals surface area contributed by atoms with Gasteiger partial charge in [0.05, 0.1) is 5.69 Å². The number of rotatable bonds is 4. The van der Waals surface area contributed by atoms with Crippen molar-refractivity contribution in [1.82, 2.24) is 9.78 Å². The van der Waals surface area contributed by atoms with Gasteiger partial charge in [0.15, 0.2) is 0 Å². The zero-order valence-electron chi connectivity index (χ0n) is 12.2. The molecule has 1 unspecified atom stereocenters. The Hall–Kier alpha value is -0.830. The Bertz CT molecular complexity index is 372. The molecular weight excluding hydrogens is 210 g/mol. The summed E-state index contributed by atoms with van der Waals surface area (Å²) in [5, 5.41) is 4.62. The molecule has 3 heteroatoms. The first-order chi connectivity index (χ1) is 7.76. The molecule has 1 aromatic rings. The van der Waals surface area contributed by atoms with Gasteiger partial charge in [0.2, 0.25) is 0 Å². The van der Waals surface area contributed by atoms with Gasteiger partial charge in [-0.2, -0.15) is 5.10 Å². The van der Waals surface area contributed by atoms with Crippen molar-refractivity contribution in [3.63, 3.8) is 0 Å². The van der Waals surface area contributed by atoms with Crippen molar-refractivity contribution in [3.8, 4) is 0 Å². The van der Waals surface area contributed by atoms with Crippen LogP contribution in [0.3, 0.4) is 0 Å². The summed E-state index contributed by atoms with van der Waals surface area (Å²) >= 11 is 0. The van der Waals surface area contributed by atoms with Crippen LogP contribution in [0, 0.1) is 19.3 Å². The summed E-state index contributed by atoms with van der Waals surface area (Å²) in [4.78, 5) is 0. The lowest BCUT2D eigenvalue weighted by molar-refractivity contribution is 0.338. The molecule has 0 saturated heterocycles. The lowest BCUT2D eigenvalue weighted by atomic mass is 9.92. The van der Waals surface area contributed by atoms with E-state index in [2.05, 4.69) is 51.3 Å². The van der Waals surface area contributed by atoms with Crippen LogP contribution in [0.4, 0.5) is 0 Å². The smallest absolute Gasteiger partial charge is 0.0644 e. The van der Waals surface area contributed by atoms with E-state index in [-0.39, 0.29) is 6.04 Å². The first-order valence-electron chi connectivity index (χ1n) is 6.55. The van der Waals surface area contributed by atoms with Crippen LogP contribution >= 0.6 is 0 Å². The Balaban J connectivity index is 2.89. The summed E-state index contributed by atoms with van der Waals surface area (Å²) < 4.78 is 2.12. The molecule has 1 heterocycles. The summed E-state index contributed by atoms with van der Waals surface area (Å²) in [6.45, 7) is 14.1. The summed E-state index contributed by atoms with van der Waals surface area (Å²) in [5.41, 5.74) is 10.0. The monoisotopic (exact) mass is 237 g/mol. The summed E-state index contributed by atoms with van der Waals surface area (Å²) in [7, 11) is 0. The Kier molecular flexibility index (Phi) is 4.36. The number of aromatic nitrogens is 2. The average molecular weight is 237 g/mol. The molecule has 17 heavy (non-hydrogen) atoms. The van der Waals surface area contributed by atoms with Gasteiger partial charge in [-0.3, -0.25) is 4.68 Å². The normalized spacial score (nSPS) is 14.1. The Labute approximate surface area is 105 Å².